The van der Waals surface area contributed by atoms with Crippen LogP contribution in [-0.2, 0) is 11.0 Å². The summed E-state index contributed by atoms with van der Waals surface area (Å²) in [5.41, 5.74) is 0.314. The normalized spacial score (nSPS) is 12.9. The molecule has 1 heterocycles. The van der Waals surface area contributed by atoms with E-state index in [2.05, 4.69) is 5.10 Å². The molecule has 1 unspecified atom stereocenters. The first kappa shape index (κ1) is 25.1. The van der Waals surface area contributed by atoms with Gasteiger partial charge in [-0.3, -0.25) is 0 Å². The van der Waals surface area contributed by atoms with Gasteiger partial charge in [-0.15, -0.1) is 0 Å². The van der Waals surface area contributed by atoms with Crippen LogP contribution in [0.2, 0.25) is 0 Å². The molecular weight excluding hydrogens is 449 g/mol. The number of aryl methyl sites for hydroxylation is 1. The number of ether oxygens (including phenoxy) is 2. The Balaban J connectivity index is 1.57. The van der Waals surface area contributed by atoms with Gasteiger partial charge in [-0.05, 0) is 87.2 Å². The van der Waals surface area contributed by atoms with Crippen molar-refractivity contribution in [1.29, 1.82) is 0 Å². The van der Waals surface area contributed by atoms with Crippen molar-refractivity contribution in [3.63, 3.8) is 0 Å². The highest BCUT2D eigenvalue weighted by atomic mass is 19.4. The van der Waals surface area contributed by atoms with E-state index < -0.39 is 23.3 Å². The number of aromatic nitrogens is 2. The number of benzene rings is 2. The molecular formula is C25H27F3N2O4. The standard InChI is InChI=1S/C25H27F3N2O4/c1-16(13-14-33-20-9-11-21(12-10-20)34-24(3,4)23(31)32)22-15-30(29-17(22)2)19-7-5-18(6-8-19)25(26,27)28/h5-12,15-16H,13-14H2,1-4H3,(H,31,32). The van der Waals surface area contributed by atoms with Crippen molar-refractivity contribution in [3.8, 4) is 17.2 Å². The fraction of sp³-hybridized carbons (Fsp3) is 0.360. The lowest BCUT2D eigenvalue weighted by atomic mass is 9.99. The summed E-state index contributed by atoms with van der Waals surface area (Å²) in [6.45, 7) is 7.29. The van der Waals surface area contributed by atoms with Crippen LogP contribution in [0.25, 0.3) is 5.69 Å². The Morgan fingerprint density at radius 1 is 1.06 bits per heavy atom. The molecule has 1 aromatic heterocycles. The minimum Gasteiger partial charge on any atom is -0.494 e. The number of aliphatic carboxylic acids is 1. The summed E-state index contributed by atoms with van der Waals surface area (Å²) in [4.78, 5) is 11.2. The average molecular weight is 476 g/mol. The number of hydrogen-bond acceptors (Lipinski definition) is 4. The number of rotatable bonds is 9. The van der Waals surface area contributed by atoms with Gasteiger partial charge in [0, 0.05) is 6.20 Å². The highest BCUT2D eigenvalue weighted by molar-refractivity contribution is 5.76. The van der Waals surface area contributed by atoms with Crippen LogP contribution >= 0.6 is 0 Å². The van der Waals surface area contributed by atoms with Crippen LogP contribution < -0.4 is 9.47 Å². The number of carbonyl (C=O) groups is 1. The highest BCUT2D eigenvalue weighted by Gasteiger charge is 2.30. The number of nitrogens with zero attached hydrogens (tertiary/aromatic N) is 2. The molecule has 0 aliphatic carbocycles. The van der Waals surface area contributed by atoms with E-state index >= 15 is 0 Å². The Morgan fingerprint density at radius 2 is 1.65 bits per heavy atom. The molecule has 0 bridgehead atoms. The fourth-order valence-corrected chi connectivity index (χ4v) is 3.34. The van der Waals surface area contributed by atoms with Crippen molar-refractivity contribution < 1.29 is 32.5 Å². The van der Waals surface area contributed by atoms with Gasteiger partial charge in [0.15, 0.2) is 5.60 Å². The molecule has 0 aliphatic heterocycles. The molecule has 1 N–H and O–H groups in total. The molecule has 1 atom stereocenters. The summed E-state index contributed by atoms with van der Waals surface area (Å²) in [5, 5.41) is 13.6. The Labute approximate surface area is 195 Å². The van der Waals surface area contributed by atoms with Gasteiger partial charge in [-0.1, -0.05) is 6.92 Å². The van der Waals surface area contributed by atoms with E-state index in [1.165, 1.54) is 26.0 Å². The zero-order valence-electron chi connectivity index (χ0n) is 19.4. The maximum Gasteiger partial charge on any atom is 0.416 e. The highest BCUT2D eigenvalue weighted by Crippen LogP contribution is 2.30. The zero-order valence-corrected chi connectivity index (χ0v) is 19.4. The van der Waals surface area contributed by atoms with Gasteiger partial charge in [-0.25, -0.2) is 9.48 Å². The first-order chi connectivity index (χ1) is 15.9. The predicted molar refractivity (Wildman–Crippen MR) is 121 cm³/mol. The van der Waals surface area contributed by atoms with Crippen LogP contribution in [0.5, 0.6) is 11.5 Å². The molecule has 0 radical (unpaired) electrons. The van der Waals surface area contributed by atoms with Crippen LogP contribution in [0.1, 0.15) is 49.9 Å². The van der Waals surface area contributed by atoms with Gasteiger partial charge >= 0.3 is 12.1 Å². The van der Waals surface area contributed by atoms with Crippen LogP contribution in [-0.4, -0.2) is 33.1 Å². The number of carboxylic acid groups (broad SMARTS) is 1. The third kappa shape index (κ3) is 6.09. The number of hydrogen-bond donors (Lipinski definition) is 1. The van der Waals surface area contributed by atoms with Crippen molar-refractivity contribution in [3.05, 3.63) is 71.5 Å². The molecule has 0 spiro atoms. The Bertz CT molecular complexity index is 1120. The topological polar surface area (TPSA) is 73.6 Å². The van der Waals surface area contributed by atoms with Crippen LogP contribution in [0.4, 0.5) is 13.2 Å². The molecule has 0 aliphatic rings. The Hall–Kier alpha value is -3.49. The Morgan fingerprint density at radius 3 is 2.21 bits per heavy atom. The van der Waals surface area contributed by atoms with Crippen LogP contribution in [0, 0.1) is 6.92 Å². The van der Waals surface area contributed by atoms with E-state index in [9.17, 15) is 18.0 Å². The molecule has 3 rings (SSSR count). The monoisotopic (exact) mass is 476 g/mol. The molecule has 6 nitrogen and oxygen atoms in total. The molecule has 182 valence electrons. The fourth-order valence-electron chi connectivity index (χ4n) is 3.34. The van der Waals surface area contributed by atoms with Crippen molar-refractivity contribution in [2.24, 2.45) is 0 Å². The maximum absolute atomic E-state index is 12.8. The smallest absolute Gasteiger partial charge is 0.416 e. The van der Waals surface area contributed by atoms with E-state index in [1.54, 1.807) is 28.9 Å². The lowest BCUT2D eigenvalue weighted by Gasteiger charge is -2.21. The number of halogens is 3. The van der Waals surface area contributed by atoms with Gasteiger partial charge < -0.3 is 14.6 Å². The summed E-state index contributed by atoms with van der Waals surface area (Å²) < 4.78 is 51.2. The summed E-state index contributed by atoms with van der Waals surface area (Å²) in [7, 11) is 0. The minimum absolute atomic E-state index is 0.113. The first-order valence-electron chi connectivity index (χ1n) is 10.8. The van der Waals surface area contributed by atoms with Crippen molar-refractivity contribution in [1.82, 2.24) is 9.78 Å². The second-order valence-corrected chi connectivity index (χ2v) is 8.59. The maximum atomic E-state index is 12.8. The second kappa shape index (κ2) is 9.79. The minimum atomic E-state index is -4.37. The quantitative estimate of drug-likeness (QED) is 0.409. The van der Waals surface area contributed by atoms with Gasteiger partial charge in [0.2, 0.25) is 0 Å². The molecule has 2 aromatic carbocycles. The van der Waals surface area contributed by atoms with Crippen molar-refractivity contribution in [2.45, 2.75) is 51.8 Å². The zero-order chi connectivity index (χ0) is 25.1. The second-order valence-electron chi connectivity index (χ2n) is 8.59. The molecule has 3 aromatic rings. The summed E-state index contributed by atoms with van der Waals surface area (Å²) >= 11 is 0. The molecule has 0 amide bonds. The first-order valence-corrected chi connectivity index (χ1v) is 10.8. The lowest BCUT2D eigenvalue weighted by Crippen LogP contribution is -2.37. The Kier molecular flexibility index (Phi) is 7.24. The lowest BCUT2D eigenvalue weighted by molar-refractivity contribution is -0.152. The molecule has 9 heteroatoms. The van der Waals surface area contributed by atoms with Crippen LogP contribution in [0.15, 0.2) is 54.7 Å². The number of carboxylic acids is 1. The van der Waals surface area contributed by atoms with Gasteiger partial charge in [-0.2, -0.15) is 18.3 Å². The summed E-state index contributed by atoms with van der Waals surface area (Å²) in [5.74, 6) is 0.116. The molecule has 0 fully saturated rings. The van der Waals surface area contributed by atoms with E-state index in [-0.39, 0.29) is 5.92 Å². The third-order valence-corrected chi connectivity index (χ3v) is 5.46. The number of alkyl halides is 3. The summed E-state index contributed by atoms with van der Waals surface area (Å²) in [6, 6.07) is 11.6. The van der Waals surface area contributed by atoms with E-state index in [0.29, 0.717) is 30.2 Å². The van der Waals surface area contributed by atoms with E-state index in [0.717, 1.165) is 23.4 Å². The van der Waals surface area contributed by atoms with Gasteiger partial charge in [0.1, 0.15) is 11.5 Å². The molecule has 0 saturated carbocycles. The SMILES string of the molecule is Cc1nn(-c2ccc(C(F)(F)F)cc2)cc1C(C)CCOc1ccc(OC(C)(C)C(=O)O)cc1. The van der Waals surface area contributed by atoms with Gasteiger partial charge in [0.05, 0.1) is 23.6 Å². The summed E-state index contributed by atoms with van der Waals surface area (Å²) in [6.07, 6.45) is -1.84. The van der Waals surface area contributed by atoms with Crippen molar-refractivity contribution in [2.75, 3.05) is 6.61 Å². The largest absolute Gasteiger partial charge is 0.494 e. The predicted octanol–water partition coefficient (Wildman–Crippen LogP) is 6.01. The third-order valence-electron chi connectivity index (χ3n) is 5.46. The van der Waals surface area contributed by atoms with Gasteiger partial charge in [0.25, 0.3) is 0 Å². The molecule has 0 saturated heterocycles. The van der Waals surface area contributed by atoms with E-state index in [4.69, 9.17) is 14.6 Å². The van der Waals surface area contributed by atoms with E-state index in [1.807, 2.05) is 20.0 Å². The average Bonchev–Trinajstić information content (AvgIpc) is 3.16. The van der Waals surface area contributed by atoms with Crippen LogP contribution in [0.3, 0.4) is 0 Å². The molecule has 34 heavy (non-hydrogen) atoms. The van der Waals surface area contributed by atoms with Crippen molar-refractivity contribution >= 4 is 5.97 Å².